The van der Waals surface area contributed by atoms with Crippen molar-refractivity contribution >= 4 is 5.91 Å². The maximum Gasteiger partial charge on any atom is 0.226 e. The van der Waals surface area contributed by atoms with Crippen LogP contribution in [0.15, 0.2) is 18.2 Å². The van der Waals surface area contributed by atoms with E-state index in [1.54, 1.807) is 7.11 Å². The fourth-order valence-corrected chi connectivity index (χ4v) is 6.59. The summed E-state index contributed by atoms with van der Waals surface area (Å²) >= 11 is 0. The summed E-state index contributed by atoms with van der Waals surface area (Å²) in [4.78, 5) is 12.6. The van der Waals surface area contributed by atoms with Crippen LogP contribution in [0, 0.1) is 23.7 Å². The minimum absolute atomic E-state index is 0.0771. The number of benzene rings is 1. The van der Waals surface area contributed by atoms with Crippen molar-refractivity contribution in [2.45, 2.75) is 57.0 Å². The highest BCUT2D eigenvalue weighted by Crippen LogP contribution is 2.57. The Balaban J connectivity index is 1.06. The first-order chi connectivity index (χ1) is 14.1. The Morgan fingerprint density at radius 3 is 2.59 bits per heavy atom. The van der Waals surface area contributed by atoms with E-state index in [0.717, 1.165) is 47.8 Å². The molecule has 1 aromatic rings. The molecule has 5 heteroatoms. The Kier molecular flexibility index (Phi) is 5.19. The number of carbonyl (C=O) groups excluding carboxylic acids is 1. The summed E-state index contributed by atoms with van der Waals surface area (Å²) in [6.45, 7) is 1.87. The molecule has 158 valence electrons. The molecule has 5 aliphatic rings. The highest BCUT2D eigenvalue weighted by molar-refractivity contribution is 5.79. The minimum Gasteiger partial charge on any atom is -0.497 e. The van der Waals surface area contributed by atoms with Crippen LogP contribution in [-0.2, 0) is 16.0 Å². The molecule has 5 nitrogen and oxygen atoms in total. The molecule has 1 aromatic carbocycles. The van der Waals surface area contributed by atoms with Gasteiger partial charge in [0.1, 0.15) is 18.1 Å². The van der Waals surface area contributed by atoms with Crippen LogP contribution in [0.2, 0.25) is 0 Å². The van der Waals surface area contributed by atoms with Gasteiger partial charge in [-0.2, -0.15) is 0 Å². The van der Waals surface area contributed by atoms with E-state index in [1.807, 2.05) is 18.2 Å². The number of amides is 1. The van der Waals surface area contributed by atoms with E-state index >= 15 is 0 Å². The van der Waals surface area contributed by atoms with Gasteiger partial charge in [0.15, 0.2) is 0 Å². The van der Waals surface area contributed by atoms with E-state index in [9.17, 15) is 4.79 Å². The lowest BCUT2D eigenvalue weighted by atomic mass is 9.54. The van der Waals surface area contributed by atoms with Crippen molar-refractivity contribution in [1.29, 1.82) is 0 Å². The zero-order valence-corrected chi connectivity index (χ0v) is 17.5. The predicted molar refractivity (Wildman–Crippen MR) is 110 cm³/mol. The number of nitrogens with one attached hydrogen (secondary N) is 1. The van der Waals surface area contributed by atoms with Crippen molar-refractivity contribution in [3.05, 3.63) is 23.8 Å². The van der Waals surface area contributed by atoms with Gasteiger partial charge in [-0.15, -0.1) is 0 Å². The maximum atomic E-state index is 12.6. The number of methoxy groups -OCH3 is 1. The first-order valence-corrected chi connectivity index (χ1v) is 11.3. The summed E-state index contributed by atoms with van der Waals surface area (Å²) in [7, 11) is 1.65. The average Bonchev–Trinajstić information content (AvgIpc) is 2.71. The molecule has 4 bridgehead atoms. The molecule has 4 saturated carbocycles. The van der Waals surface area contributed by atoms with Gasteiger partial charge < -0.3 is 19.5 Å². The van der Waals surface area contributed by atoms with Crippen LogP contribution in [0.25, 0.3) is 0 Å². The van der Waals surface area contributed by atoms with E-state index < -0.39 is 0 Å². The van der Waals surface area contributed by atoms with Gasteiger partial charge in [0.2, 0.25) is 5.91 Å². The van der Waals surface area contributed by atoms with Gasteiger partial charge in [-0.25, -0.2) is 0 Å². The van der Waals surface area contributed by atoms with Crippen molar-refractivity contribution in [1.82, 2.24) is 5.32 Å². The van der Waals surface area contributed by atoms with Gasteiger partial charge >= 0.3 is 0 Å². The van der Waals surface area contributed by atoms with Crippen molar-refractivity contribution in [3.8, 4) is 11.5 Å². The van der Waals surface area contributed by atoms with Crippen molar-refractivity contribution in [3.63, 3.8) is 0 Å². The summed E-state index contributed by atoms with van der Waals surface area (Å²) in [6.07, 6.45) is 9.72. The molecule has 4 aliphatic carbocycles. The summed E-state index contributed by atoms with van der Waals surface area (Å²) in [5, 5.41) is 3.09. The Hall–Kier alpha value is -1.75. The second kappa shape index (κ2) is 7.82. The maximum absolute atomic E-state index is 12.6. The third kappa shape index (κ3) is 3.98. The van der Waals surface area contributed by atoms with Gasteiger partial charge in [0, 0.05) is 13.2 Å². The molecular weight excluding hydrogens is 366 g/mol. The molecule has 1 amide bonds. The number of rotatable bonds is 7. The fraction of sp³-hybridized carbons (Fsp3) is 0.708. The molecule has 1 atom stereocenters. The summed E-state index contributed by atoms with van der Waals surface area (Å²) in [6, 6.07) is 5.78. The molecular formula is C24H33NO4. The van der Waals surface area contributed by atoms with Crippen LogP contribution in [0.1, 0.15) is 50.5 Å². The Morgan fingerprint density at radius 1 is 1.17 bits per heavy atom. The quantitative estimate of drug-likeness (QED) is 0.710. The van der Waals surface area contributed by atoms with Gasteiger partial charge in [-0.3, -0.25) is 4.79 Å². The largest absolute Gasteiger partial charge is 0.497 e. The Bertz CT molecular complexity index is 726. The first-order valence-electron chi connectivity index (χ1n) is 11.3. The molecule has 4 fully saturated rings. The average molecular weight is 400 g/mol. The normalized spacial score (nSPS) is 34.4. The lowest BCUT2D eigenvalue weighted by Gasteiger charge is -2.56. The van der Waals surface area contributed by atoms with Gasteiger partial charge in [-0.05, 0) is 92.9 Å². The van der Waals surface area contributed by atoms with Gasteiger partial charge in [0.05, 0.1) is 18.6 Å². The number of carbonyl (C=O) groups is 1. The first kappa shape index (κ1) is 19.2. The van der Waals surface area contributed by atoms with Crippen LogP contribution < -0.4 is 14.8 Å². The highest BCUT2D eigenvalue weighted by Gasteiger charge is 2.51. The van der Waals surface area contributed by atoms with Crippen molar-refractivity contribution in [2.24, 2.45) is 23.7 Å². The third-order valence-corrected chi connectivity index (χ3v) is 7.56. The SMILES string of the molecule is COc1ccc2c(c1)C[C@H](C(=O)NCCCOC13CC4CC(CC(C4)C1)C3)CO2. The van der Waals surface area contributed by atoms with Crippen LogP contribution in [0.5, 0.6) is 11.5 Å². The molecule has 6 rings (SSSR count). The predicted octanol–water partition coefficient (Wildman–Crippen LogP) is 3.74. The summed E-state index contributed by atoms with van der Waals surface area (Å²) in [5.41, 5.74) is 1.21. The standard InChI is InChI=1S/C24H33NO4/c1-27-21-3-4-22-19(11-21)10-20(15-28-22)23(26)25-5-2-6-29-24-12-16-7-17(13-24)9-18(8-16)14-24/h3-4,11,16-18,20H,2,5-10,12-15H2,1H3,(H,25,26)/t16?,17?,18?,20-,24?/m0/s1. The molecule has 0 unspecified atom stereocenters. The summed E-state index contributed by atoms with van der Waals surface area (Å²) in [5.74, 6) is 4.33. The minimum atomic E-state index is -0.140. The highest BCUT2D eigenvalue weighted by atomic mass is 16.5. The number of hydrogen-bond acceptors (Lipinski definition) is 4. The molecule has 1 heterocycles. The lowest BCUT2D eigenvalue weighted by molar-refractivity contribution is -0.162. The van der Waals surface area contributed by atoms with Gasteiger partial charge in [-0.1, -0.05) is 0 Å². The Morgan fingerprint density at radius 2 is 1.90 bits per heavy atom. The molecule has 0 spiro atoms. The third-order valence-electron chi connectivity index (χ3n) is 7.56. The molecule has 0 aromatic heterocycles. The lowest BCUT2D eigenvalue weighted by Crippen LogP contribution is -2.52. The van der Waals surface area contributed by atoms with Gasteiger partial charge in [0.25, 0.3) is 0 Å². The van der Waals surface area contributed by atoms with Crippen molar-refractivity contribution < 1.29 is 19.0 Å². The van der Waals surface area contributed by atoms with Crippen LogP contribution in [-0.4, -0.2) is 38.4 Å². The van der Waals surface area contributed by atoms with Crippen LogP contribution >= 0.6 is 0 Å². The number of hydrogen-bond donors (Lipinski definition) is 1. The second-order valence-corrected chi connectivity index (χ2v) is 9.78. The topological polar surface area (TPSA) is 56.8 Å². The van der Waals surface area contributed by atoms with E-state index in [-0.39, 0.29) is 17.4 Å². The Labute approximate surface area is 173 Å². The van der Waals surface area contributed by atoms with E-state index in [1.165, 1.54) is 38.5 Å². The van der Waals surface area contributed by atoms with E-state index in [4.69, 9.17) is 14.2 Å². The second-order valence-electron chi connectivity index (χ2n) is 9.78. The molecule has 1 N–H and O–H groups in total. The zero-order chi connectivity index (χ0) is 19.8. The van der Waals surface area contributed by atoms with E-state index in [2.05, 4.69) is 5.32 Å². The fourth-order valence-electron chi connectivity index (χ4n) is 6.59. The zero-order valence-electron chi connectivity index (χ0n) is 17.5. The molecule has 0 saturated heterocycles. The molecule has 29 heavy (non-hydrogen) atoms. The smallest absolute Gasteiger partial charge is 0.226 e. The molecule has 0 radical (unpaired) electrons. The molecule has 1 aliphatic heterocycles. The number of fused-ring (bicyclic) bond motifs is 1. The number of ether oxygens (including phenoxy) is 3. The van der Waals surface area contributed by atoms with E-state index in [0.29, 0.717) is 19.6 Å². The van der Waals surface area contributed by atoms with Crippen molar-refractivity contribution in [2.75, 3.05) is 26.9 Å². The van der Waals surface area contributed by atoms with Crippen LogP contribution in [0.4, 0.5) is 0 Å². The monoisotopic (exact) mass is 399 g/mol. The summed E-state index contributed by atoms with van der Waals surface area (Å²) < 4.78 is 17.5. The van der Waals surface area contributed by atoms with Crippen LogP contribution in [0.3, 0.4) is 0 Å².